The van der Waals surface area contributed by atoms with E-state index in [4.69, 9.17) is 9.84 Å². The maximum atomic E-state index is 13.2. The van der Waals surface area contributed by atoms with Gasteiger partial charge in [-0.1, -0.05) is 25.1 Å². The number of methoxy groups -OCH3 is 1. The number of aromatic carboxylic acids is 1. The summed E-state index contributed by atoms with van der Waals surface area (Å²) < 4.78 is 32.8. The van der Waals surface area contributed by atoms with E-state index < -0.39 is 16.0 Å². The third-order valence-electron chi connectivity index (χ3n) is 4.15. The molecule has 1 unspecified atom stereocenters. The van der Waals surface area contributed by atoms with Gasteiger partial charge in [0.15, 0.2) is 0 Å². The monoisotopic (exact) mass is 347 g/mol. The second-order valence-electron chi connectivity index (χ2n) is 5.67. The van der Waals surface area contributed by atoms with E-state index in [1.165, 1.54) is 23.5 Å². The fourth-order valence-corrected chi connectivity index (χ4v) is 4.70. The highest BCUT2D eigenvalue weighted by atomic mass is 32.2. The lowest BCUT2D eigenvalue weighted by Crippen LogP contribution is -2.30. The van der Waals surface area contributed by atoms with E-state index in [2.05, 4.69) is 0 Å². The van der Waals surface area contributed by atoms with E-state index in [-0.39, 0.29) is 22.1 Å². The maximum Gasteiger partial charge on any atom is 0.335 e. The minimum atomic E-state index is -3.94. The average Bonchev–Trinajstić information content (AvgIpc) is 2.92. The van der Waals surface area contributed by atoms with Crippen LogP contribution in [0.25, 0.3) is 0 Å². The summed E-state index contributed by atoms with van der Waals surface area (Å²) in [6.07, 6.45) is 0. The van der Waals surface area contributed by atoms with E-state index in [0.717, 1.165) is 11.6 Å². The van der Waals surface area contributed by atoms with Crippen LogP contribution in [0.5, 0.6) is 5.75 Å². The number of rotatable bonds is 4. The molecule has 24 heavy (non-hydrogen) atoms. The van der Waals surface area contributed by atoms with Crippen LogP contribution in [0, 0.1) is 0 Å². The van der Waals surface area contributed by atoms with Gasteiger partial charge in [-0.25, -0.2) is 13.2 Å². The Morgan fingerprint density at radius 3 is 2.62 bits per heavy atom. The van der Waals surface area contributed by atoms with Gasteiger partial charge in [0.2, 0.25) is 0 Å². The predicted molar refractivity (Wildman–Crippen MR) is 89.3 cm³/mol. The van der Waals surface area contributed by atoms with E-state index >= 15 is 0 Å². The lowest BCUT2D eigenvalue weighted by Gasteiger charge is -2.21. The number of carboxylic acids is 1. The second kappa shape index (κ2) is 5.83. The molecule has 1 heterocycles. The quantitative estimate of drug-likeness (QED) is 0.919. The standard InChI is InChI=1S/C17H17NO5S/c1-11-10-18(14-6-4-3-5-13(11)14)24(21,22)16-9-12(17(19)20)7-8-15(16)23-2/h3-9,11H,10H2,1-2H3,(H,19,20). The molecule has 0 spiro atoms. The topological polar surface area (TPSA) is 83.9 Å². The minimum absolute atomic E-state index is 0.0598. The van der Waals surface area contributed by atoms with Gasteiger partial charge in [0.1, 0.15) is 10.6 Å². The van der Waals surface area contributed by atoms with Crippen molar-refractivity contribution >= 4 is 21.7 Å². The summed E-state index contributed by atoms with van der Waals surface area (Å²) in [4.78, 5) is 11.1. The molecule has 3 rings (SSSR count). The molecule has 1 N–H and O–H groups in total. The molecule has 1 aliphatic rings. The summed E-state index contributed by atoms with van der Waals surface area (Å²) in [7, 11) is -2.58. The van der Waals surface area contributed by atoms with Crippen LogP contribution in [-0.2, 0) is 10.0 Å². The van der Waals surface area contributed by atoms with Crippen molar-refractivity contribution in [1.82, 2.24) is 0 Å². The van der Waals surface area contributed by atoms with E-state index in [1.54, 1.807) is 12.1 Å². The zero-order valence-electron chi connectivity index (χ0n) is 13.3. The van der Waals surface area contributed by atoms with Crippen molar-refractivity contribution in [3.05, 3.63) is 53.6 Å². The van der Waals surface area contributed by atoms with Gasteiger partial charge in [-0.15, -0.1) is 0 Å². The van der Waals surface area contributed by atoms with Crippen molar-refractivity contribution in [2.75, 3.05) is 18.0 Å². The second-order valence-corrected chi connectivity index (χ2v) is 7.50. The van der Waals surface area contributed by atoms with Crippen molar-refractivity contribution in [2.45, 2.75) is 17.7 Å². The summed E-state index contributed by atoms with van der Waals surface area (Å²) in [6, 6.07) is 11.1. The molecule has 1 atom stereocenters. The number of ether oxygens (including phenoxy) is 1. The Kier molecular flexibility index (Phi) is 3.96. The zero-order chi connectivity index (χ0) is 17.5. The van der Waals surface area contributed by atoms with Crippen molar-refractivity contribution in [2.24, 2.45) is 0 Å². The van der Waals surface area contributed by atoms with Gasteiger partial charge in [-0.3, -0.25) is 4.31 Å². The molecule has 2 aromatic carbocycles. The first-order valence-corrected chi connectivity index (χ1v) is 8.83. The van der Waals surface area contributed by atoms with Crippen LogP contribution < -0.4 is 9.04 Å². The molecule has 7 heteroatoms. The van der Waals surface area contributed by atoms with Gasteiger partial charge >= 0.3 is 5.97 Å². The number of anilines is 1. The van der Waals surface area contributed by atoms with Crippen molar-refractivity contribution in [3.63, 3.8) is 0 Å². The van der Waals surface area contributed by atoms with Crippen molar-refractivity contribution in [3.8, 4) is 5.75 Å². The highest BCUT2D eigenvalue weighted by Gasteiger charge is 2.36. The Bertz CT molecular complexity index is 907. The molecule has 0 saturated heterocycles. The first-order valence-electron chi connectivity index (χ1n) is 7.39. The molecule has 2 aromatic rings. The molecule has 126 valence electrons. The molecule has 0 bridgehead atoms. The number of carboxylic acid groups (broad SMARTS) is 1. The molecule has 0 aromatic heterocycles. The largest absolute Gasteiger partial charge is 0.495 e. The number of hydrogen-bond acceptors (Lipinski definition) is 4. The third-order valence-corrected chi connectivity index (χ3v) is 5.96. The minimum Gasteiger partial charge on any atom is -0.495 e. The van der Waals surface area contributed by atoms with Crippen LogP contribution in [0.3, 0.4) is 0 Å². The molecule has 0 radical (unpaired) electrons. The molecular formula is C17H17NO5S. The Morgan fingerprint density at radius 2 is 1.96 bits per heavy atom. The highest BCUT2D eigenvalue weighted by molar-refractivity contribution is 7.93. The number of fused-ring (bicyclic) bond motifs is 1. The molecule has 0 amide bonds. The normalized spacial score (nSPS) is 16.8. The molecule has 6 nitrogen and oxygen atoms in total. The Hall–Kier alpha value is -2.54. The Labute approximate surface area is 140 Å². The predicted octanol–water partition coefficient (Wildman–Crippen LogP) is 2.71. The van der Waals surface area contributed by atoms with Crippen LogP contribution in [0.15, 0.2) is 47.4 Å². The lowest BCUT2D eigenvalue weighted by atomic mass is 10.0. The number of hydrogen-bond donors (Lipinski definition) is 1. The van der Waals surface area contributed by atoms with Gasteiger partial charge in [0, 0.05) is 12.5 Å². The lowest BCUT2D eigenvalue weighted by molar-refractivity contribution is 0.0696. The highest BCUT2D eigenvalue weighted by Crippen LogP contribution is 2.40. The fraction of sp³-hybridized carbons (Fsp3) is 0.235. The van der Waals surface area contributed by atoms with Gasteiger partial charge in [-0.05, 0) is 29.8 Å². The van der Waals surface area contributed by atoms with E-state index in [9.17, 15) is 13.2 Å². The van der Waals surface area contributed by atoms with Crippen LogP contribution in [0.1, 0.15) is 28.8 Å². The van der Waals surface area contributed by atoms with Crippen molar-refractivity contribution < 1.29 is 23.1 Å². The summed E-state index contributed by atoms with van der Waals surface area (Å²) in [5, 5.41) is 9.15. The number of carbonyl (C=O) groups is 1. The number of benzene rings is 2. The molecule has 0 saturated carbocycles. The average molecular weight is 347 g/mol. The molecule has 0 fully saturated rings. The SMILES string of the molecule is COc1ccc(C(=O)O)cc1S(=O)(=O)N1CC(C)c2ccccc21. The molecule has 1 aliphatic heterocycles. The van der Waals surface area contributed by atoms with Gasteiger partial charge < -0.3 is 9.84 Å². The van der Waals surface area contributed by atoms with E-state index in [1.807, 2.05) is 19.1 Å². The third kappa shape index (κ3) is 2.50. The van der Waals surface area contributed by atoms with Gasteiger partial charge in [-0.2, -0.15) is 0 Å². The summed E-state index contributed by atoms with van der Waals surface area (Å²) >= 11 is 0. The van der Waals surface area contributed by atoms with Crippen LogP contribution in [0.2, 0.25) is 0 Å². The van der Waals surface area contributed by atoms with Crippen LogP contribution in [0.4, 0.5) is 5.69 Å². The summed E-state index contributed by atoms with van der Waals surface area (Å²) in [6.45, 7) is 2.27. The first-order chi connectivity index (χ1) is 11.4. The Balaban J connectivity index is 2.16. The summed E-state index contributed by atoms with van der Waals surface area (Å²) in [5.41, 5.74) is 1.47. The number of sulfonamides is 1. The van der Waals surface area contributed by atoms with Crippen molar-refractivity contribution in [1.29, 1.82) is 0 Å². The number of para-hydroxylation sites is 1. The first kappa shape index (κ1) is 16.3. The van der Waals surface area contributed by atoms with Crippen LogP contribution in [-0.4, -0.2) is 33.1 Å². The smallest absolute Gasteiger partial charge is 0.335 e. The van der Waals surface area contributed by atoms with Gasteiger partial charge in [0.05, 0.1) is 18.4 Å². The zero-order valence-corrected chi connectivity index (χ0v) is 14.1. The summed E-state index contributed by atoms with van der Waals surface area (Å²) in [5.74, 6) is -1.01. The van der Waals surface area contributed by atoms with Crippen LogP contribution >= 0.6 is 0 Å². The maximum absolute atomic E-state index is 13.2. The number of nitrogens with zero attached hydrogens (tertiary/aromatic N) is 1. The van der Waals surface area contributed by atoms with E-state index in [0.29, 0.717) is 12.2 Å². The fourth-order valence-electron chi connectivity index (χ4n) is 2.93. The Morgan fingerprint density at radius 1 is 1.25 bits per heavy atom. The molecule has 0 aliphatic carbocycles. The molecular weight excluding hydrogens is 330 g/mol. The van der Waals surface area contributed by atoms with Gasteiger partial charge in [0.25, 0.3) is 10.0 Å².